The SMILES string of the molecule is CNC(Cc1cccnc1N)c1ccco1. The third-order valence-electron chi connectivity index (χ3n) is 2.59. The average molecular weight is 217 g/mol. The van der Waals surface area contributed by atoms with Crippen molar-refractivity contribution < 1.29 is 4.42 Å². The maximum atomic E-state index is 5.81. The number of rotatable bonds is 4. The first-order valence-corrected chi connectivity index (χ1v) is 5.21. The van der Waals surface area contributed by atoms with E-state index in [4.69, 9.17) is 10.2 Å². The number of likely N-dealkylation sites (N-methyl/N-ethyl adjacent to an activating group) is 1. The first-order chi connectivity index (χ1) is 7.81. The molecule has 1 atom stereocenters. The Hall–Kier alpha value is -1.81. The third kappa shape index (κ3) is 2.23. The number of hydrogen-bond donors (Lipinski definition) is 2. The van der Waals surface area contributed by atoms with Gasteiger partial charge in [-0.05, 0) is 37.2 Å². The summed E-state index contributed by atoms with van der Waals surface area (Å²) in [6, 6.07) is 7.83. The number of nitrogens with zero attached hydrogens (tertiary/aromatic N) is 1. The highest BCUT2D eigenvalue weighted by molar-refractivity contribution is 5.39. The van der Waals surface area contributed by atoms with Gasteiger partial charge in [-0.2, -0.15) is 0 Å². The van der Waals surface area contributed by atoms with Crippen LogP contribution in [0.2, 0.25) is 0 Å². The zero-order valence-corrected chi connectivity index (χ0v) is 9.18. The Bertz CT molecular complexity index is 439. The van der Waals surface area contributed by atoms with Crippen LogP contribution in [0.1, 0.15) is 17.4 Å². The summed E-state index contributed by atoms with van der Waals surface area (Å²) in [5.74, 6) is 1.49. The largest absolute Gasteiger partial charge is 0.468 e. The van der Waals surface area contributed by atoms with Gasteiger partial charge in [0.05, 0.1) is 12.3 Å². The van der Waals surface area contributed by atoms with E-state index in [1.165, 1.54) is 0 Å². The summed E-state index contributed by atoms with van der Waals surface area (Å²) < 4.78 is 5.37. The molecule has 84 valence electrons. The molecule has 4 heteroatoms. The van der Waals surface area contributed by atoms with Crippen LogP contribution in [0.5, 0.6) is 0 Å². The van der Waals surface area contributed by atoms with Crippen molar-refractivity contribution >= 4 is 5.82 Å². The topological polar surface area (TPSA) is 64.1 Å². The van der Waals surface area contributed by atoms with E-state index < -0.39 is 0 Å². The fraction of sp³-hybridized carbons (Fsp3) is 0.250. The number of pyridine rings is 1. The Balaban J connectivity index is 2.17. The highest BCUT2D eigenvalue weighted by Crippen LogP contribution is 2.20. The summed E-state index contributed by atoms with van der Waals surface area (Å²) in [6.45, 7) is 0. The van der Waals surface area contributed by atoms with Crippen molar-refractivity contribution in [3.8, 4) is 0 Å². The van der Waals surface area contributed by atoms with Gasteiger partial charge in [0.25, 0.3) is 0 Å². The highest BCUT2D eigenvalue weighted by atomic mass is 16.3. The summed E-state index contributed by atoms with van der Waals surface area (Å²) in [5, 5.41) is 3.20. The van der Waals surface area contributed by atoms with Crippen molar-refractivity contribution in [3.05, 3.63) is 48.0 Å². The van der Waals surface area contributed by atoms with Crippen LogP contribution in [0.25, 0.3) is 0 Å². The smallest absolute Gasteiger partial charge is 0.126 e. The van der Waals surface area contributed by atoms with Gasteiger partial charge in [0, 0.05) is 6.20 Å². The molecule has 0 amide bonds. The number of hydrogen-bond acceptors (Lipinski definition) is 4. The van der Waals surface area contributed by atoms with Crippen LogP contribution in [0, 0.1) is 0 Å². The molecule has 0 radical (unpaired) electrons. The number of nitrogens with two attached hydrogens (primary N) is 1. The second-order valence-electron chi connectivity index (χ2n) is 3.61. The van der Waals surface area contributed by atoms with E-state index in [0.717, 1.165) is 17.7 Å². The number of aromatic nitrogens is 1. The summed E-state index contributed by atoms with van der Waals surface area (Å²) in [7, 11) is 1.90. The lowest BCUT2D eigenvalue weighted by Gasteiger charge is -2.14. The van der Waals surface area contributed by atoms with Gasteiger partial charge in [0.2, 0.25) is 0 Å². The lowest BCUT2D eigenvalue weighted by atomic mass is 10.1. The molecular weight excluding hydrogens is 202 g/mol. The molecule has 2 rings (SSSR count). The van der Waals surface area contributed by atoms with Crippen molar-refractivity contribution in [2.45, 2.75) is 12.5 Å². The second kappa shape index (κ2) is 4.81. The van der Waals surface area contributed by atoms with Crippen LogP contribution >= 0.6 is 0 Å². The molecule has 0 saturated carbocycles. The lowest BCUT2D eigenvalue weighted by molar-refractivity contribution is 0.429. The molecule has 0 saturated heterocycles. The Kier molecular flexibility index (Phi) is 3.22. The van der Waals surface area contributed by atoms with Crippen molar-refractivity contribution in [2.75, 3.05) is 12.8 Å². The predicted octanol–water partition coefficient (Wildman–Crippen LogP) is 1.76. The fourth-order valence-electron chi connectivity index (χ4n) is 1.68. The van der Waals surface area contributed by atoms with Gasteiger partial charge in [-0.25, -0.2) is 4.98 Å². The van der Waals surface area contributed by atoms with Crippen LogP contribution < -0.4 is 11.1 Å². The maximum Gasteiger partial charge on any atom is 0.126 e. The van der Waals surface area contributed by atoms with E-state index in [1.54, 1.807) is 12.5 Å². The molecule has 0 spiro atoms. The molecule has 0 aliphatic carbocycles. The molecule has 0 aromatic carbocycles. The van der Waals surface area contributed by atoms with E-state index in [-0.39, 0.29) is 6.04 Å². The van der Waals surface area contributed by atoms with Crippen LogP contribution in [0.3, 0.4) is 0 Å². The monoisotopic (exact) mass is 217 g/mol. The second-order valence-corrected chi connectivity index (χ2v) is 3.61. The number of nitrogen functional groups attached to an aromatic ring is 1. The van der Waals surface area contributed by atoms with Crippen molar-refractivity contribution in [3.63, 3.8) is 0 Å². The molecule has 3 N–H and O–H groups in total. The molecule has 0 aliphatic heterocycles. The van der Waals surface area contributed by atoms with Gasteiger partial charge in [0.15, 0.2) is 0 Å². The quantitative estimate of drug-likeness (QED) is 0.819. The van der Waals surface area contributed by atoms with Crippen LogP contribution in [-0.2, 0) is 6.42 Å². The Morgan fingerprint density at radius 1 is 1.44 bits per heavy atom. The van der Waals surface area contributed by atoms with E-state index in [9.17, 15) is 0 Å². The van der Waals surface area contributed by atoms with Crippen molar-refractivity contribution in [1.29, 1.82) is 0 Å². The minimum absolute atomic E-state index is 0.126. The van der Waals surface area contributed by atoms with Crippen LogP contribution in [0.15, 0.2) is 41.1 Å². The molecule has 0 fully saturated rings. The fourth-order valence-corrected chi connectivity index (χ4v) is 1.68. The molecule has 4 nitrogen and oxygen atoms in total. The maximum absolute atomic E-state index is 5.81. The van der Waals surface area contributed by atoms with Crippen LogP contribution in [0.4, 0.5) is 5.82 Å². The predicted molar refractivity (Wildman–Crippen MR) is 62.9 cm³/mol. The molecule has 2 aromatic rings. The molecule has 2 aromatic heterocycles. The third-order valence-corrected chi connectivity index (χ3v) is 2.59. The summed E-state index contributed by atoms with van der Waals surface area (Å²) in [5.41, 5.74) is 6.83. The molecule has 2 heterocycles. The van der Waals surface area contributed by atoms with Crippen molar-refractivity contribution in [2.24, 2.45) is 0 Å². The van der Waals surface area contributed by atoms with Gasteiger partial charge in [-0.15, -0.1) is 0 Å². The first-order valence-electron chi connectivity index (χ1n) is 5.21. The number of furan rings is 1. The number of nitrogens with one attached hydrogen (secondary N) is 1. The first kappa shape index (κ1) is 10.7. The minimum atomic E-state index is 0.126. The van der Waals surface area contributed by atoms with Crippen molar-refractivity contribution in [1.82, 2.24) is 10.3 Å². The Morgan fingerprint density at radius 3 is 2.94 bits per heavy atom. The Labute approximate surface area is 94.5 Å². The van der Waals surface area contributed by atoms with E-state index >= 15 is 0 Å². The zero-order valence-electron chi connectivity index (χ0n) is 9.18. The van der Waals surface area contributed by atoms with Gasteiger partial charge in [0.1, 0.15) is 11.6 Å². The normalized spacial score (nSPS) is 12.6. The van der Waals surface area contributed by atoms with E-state index in [1.807, 2.05) is 31.3 Å². The standard InChI is InChI=1S/C12H15N3O/c1-14-10(11-5-3-7-16-11)8-9-4-2-6-15-12(9)13/h2-7,10,14H,8H2,1H3,(H2,13,15). The van der Waals surface area contributed by atoms with Crippen LogP contribution in [-0.4, -0.2) is 12.0 Å². The average Bonchev–Trinajstić information content (AvgIpc) is 2.81. The summed E-state index contributed by atoms with van der Waals surface area (Å²) in [6.07, 6.45) is 4.13. The minimum Gasteiger partial charge on any atom is -0.468 e. The summed E-state index contributed by atoms with van der Waals surface area (Å²) >= 11 is 0. The van der Waals surface area contributed by atoms with Gasteiger partial charge < -0.3 is 15.5 Å². The summed E-state index contributed by atoms with van der Waals surface area (Å²) in [4.78, 5) is 4.07. The van der Waals surface area contributed by atoms with Gasteiger partial charge >= 0.3 is 0 Å². The molecule has 16 heavy (non-hydrogen) atoms. The molecule has 0 aliphatic rings. The van der Waals surface area contributed by atoms with E-state index in [2.05, 4.69) is 10.3 Å². The highest BCUT2D eigenvalue weighted by Gasteiger charge is 2.14. The molecule has 1 unspecified atom stereocenters. The zero-order chi connectivity index (χ0) is 11.4. The van der Waals surface area contributed by atoms with E-state index in [0.29, 0.717) is 5.82 Å². The van der Waals surface area contributed by atoms with Gasteiger partial charge in [-0.3, -0.25) is 0 Å². The van der Waals surface area contributed by atoms with Gasteiger partial charge in [-0.1, -0.05) is 6.07 Å². The lowest BCUT2D eigenvalue weighted by Crippen LogP contribution is -2.19. The number of anilines is 1. The molecular formula is C12H15N3O. The molecule has 0 bridgehead atoms. The Morgan fingerprint density at radius 2 is 2.31 bits per heavy atom.